The maximum absolute atomic E-state index is 4.30. The van der Waals surface area contributed by atoms with Crippen molar-refractivity contribution in [3.8, 4) is 11.3 Å². The fourth-order valence-corrected chi connectivity index (χ4v) is 2.11. The van der Waals surface area contributed by atoms with Crippen LogP contribution in [0.2, 0.25) is 0 Å². The van der Waals surface area contributed by atoms with Gasteiger partial charge in [-0.15, -0.1) is 10.2 Å². The van der Waals surface area contributed by atoms with Crippen molar-refractivity contribution >= 4 is 0 Å². The Morgan fingerprint density at radius 3 is 3.00 bits per heavy atom. The summed E-state index contributed by atoms with van der Waals surface area (Å²) in [7, 11) is 0. The van der Waals surface area contributed by atoms with E-state index < -0.39 is 0 Å². The molecule has 3 nitrogen and oxygen atoms in total. The Hall–Kier alpha value is -1.77. The molecule has 0 aliphatic heterocycles. The van der Waals surface area contributed by atoms with Crippen LogP contribution in [0, 0.1) is 0 Å². The van der Waals surface area contributed by atoms with E-state index in [1.807, 2.05) is 6.07 Å². The minimum atomic E-state index is 0.964. The Bertz CT molecular complexity index is 448. The number of aromatic nitrogens is 3. The lowest BCUT2D eigenvalue weighted by molar-refractivity contribution is 0.799. The molecule has 2 aromatic rings. The average molecular weight is 197 g/mol. The molecule has 1 aliphatic rings. The van der Waals surface area contributed by atoms with Gasteiger partial charge in [-0.2, -0.15) is 0 Å². The van der Waals surface area contributed by atoms with Gasteiger partial charge in [-0.25, -0.2) is 4.98 Å². The van der Waals surface area contributed by atoms with Crippen LogP contribution in [-0.4, -0.2) is 15.2 Å². The van der Waals surface area contributed by atoms with E-state index in [2.05, 4.69) is 33.4 Å². The molecule has 15 heavy (non-hydrogen) atoms. The van der Waals surface area contributed by atoms with Gasteiger partial charge in [-0.05, 0) is 24.8 Å². The molecule has 0 bridgehead atoms. The summed E-state index contributed by atoms with van der Waals surface area (Å²) >= 11 is 0. The number of benzene rings is 1. The third-order valence-electron chi connectivity index (χ3n) is 2.83. The highest BCUT2D eigenvalue weighted by molar-refractivity contribution is 5.66. The van der Waals surface area contributed by atoms with E-state index in [4.69, 9.17) is 0 Å². The molecule has 0 radical (unpaired) electrons. The first-order chi connectivity index (χ1) is 7.45. The van der Waals surface area contributed by atoms with Gasteiger partial charge in [0.25, 0.3) is 0 Å². The van der Waals surface area contributed by atoms with Crippen LogP contribution in [0.4, 0.5) is 0 Å². The molecule has 3 heteroatoms. The molecule has 0 N–H and O–H groups in total. The topological polar surface area (TPSA) is 38.7 Å². The molecule has 74 valence electrons. The molecule has 0 amide bonds. The van der Waals surface area contributed by atoms with E-state index in [0.717, 1.165) is 30.7 Å². The summed E-state index contributed by atoms with van der Waals surface area (Å²) in [5.74, 6) is 0. The second-order valence-electron chi connectivity index (χ2n) is 3.77. The highest BCUT2D eigenvalue weighted by Gasteiger charge is 2.15. The number of rotatable bonds is 0. The molecule has 0 fully saturated rings. The normalized spacial score (nSPS) is 13.9. The van der Waals surface area contributed by atoms with Crippen molar-refractivity contribution in [1.82, 2.24) is 15.2 Å². The fraction of sp³-hybridized carbons (Fsp3) is 0.250. The lowest BCUT2D eigenvalue weighted by Gasteiger charge is -2.05. The summed E-state index contributed by atoms with van der Waals surface area (Å²) in [5, 5.41) is 8.09. The third-order valence-corrected chi connectivity index (χ3v) is 2.83. The zero-order valence-corrected chi connectivity index (χ0v) is 8.35. The molecule has 1 aromatic carbocycles. The van der Waals surface area contributed by atoms with Crippen LogP contribution in [0.5, 0.6) is 0 Å². The second kappa shape index (κ2) is 3.42. The van der Waals surface area contributed by atoms with Crippen LogP contribution in [0.15, 0.2) is 30.6 Å². The Morgan fingerprint density at radius 1 is 1.07 bits per heavy atom. The van der Waals surface area contributed by atoms with Gasteiger partial charge in [0, 0.05) is 5.56 Å². The average Bonchev–Trinajstić information content (AvgIpc) is 2.48. The molecular weight excluding hydrogens is 186 g/mol. The zero-order valence-electron chi connectivity index (χ0n) is 8.35. The number of hydrogen-bond acceptors (Lipinski definition) is 3. The van der Waals surface area contributed by atoms with Gasteiger partial charge < -0.3 is 0 Å². The first-order valence-electron chi connectivity index (χ1n) is 5.20. The number of hydrogen-bond donors (Lipinski definition) is 0. The summed E-state index contributed by atoms with van der Waals surface area (Å²) in [6.45, 7) is 0. The first kappa shape index (κ1) is 8.53. The van der Waals surface area contributed by atoms with Crippen molar-refractivity contribution in [2.24, 2.45) is 0 Å². The second-order valence-corrected chi connectivity index (χ2v) is 3.77. The van der Waals surface area contributed by atoms with Crippen molar-refractivity contribution in [3.63, 3.8) is 0 Å². The fourth-order valence-electron chi connectivity index (χ4n) is 2.11. The molecule has 1 aromatic heterocycles. The third kappa shape index (κ3) is 1.40. The Kier molecular flexibility index (Phi) is 1.95. The molecule has 0 spiro atoms. The zero-order chi connectivity index (χ0) is 10.1. The van der Waals surface area contributed by atoms with Gasteiger partial charge in [0.15, 0.2) is 0 Å². The minimum absolute atomic E-state index is 0.964. The van der Waals surface area contributed by atoms with Gasteiger partial charge in [-0.1, -0.05) is 24.3 Å². The highest BCUT2D eigenvalue weighted by Crippen LogP contribution is 2.28. The molecule has 1 aliphatic carbocycles. The molecule has 3 rings (SSSR count). The summed E-state index contributed by atoms with van der Waals surface area (Å²) in [5.41, 5.74) is 4.60. The van der Waals surface area contributed by atoms with Crippen LogP contribution in [-0.2, 0) is 12.8 Å². The summed E-state index contributed by atoms with van der Waals surface area (Å²) in [4.78, 5) is 4.30. The molecule has 0 saturated heterocycles. The van der Waals surface area contributed by atoms with Crippen LogP contribution in [0.1, 0.15) is 17.7 Å². The maximum Gasteiger partial charge on any atom is 0.138 e. The van der Waals surface area contributed by atoms with E-state index >= 15 is 0 Å². The number of aryl methyl sites for hydroxylation is 2. The van der Waals surface area contributed by atoms with Gasteiger partial charge in [0.2, 0.25) is 0 Å². The minimum Gasteiger partial charge on any atom is -0.237 e. The lowest BCUT2D eigenvalue weighted by atomic mass is 10.0. The van der Waals surface area contributed by atoms with Gasteiger partial charge >= 0.3 is 0 Å². The van der Waals surface area contributed by atoms with Crippen LogP contribution >= 0.6 is 0 Å². The predicted molar refractivity (Wildman–Crippen MR) is 57.3 cm³/mol. The summed E-state index contributed by atoms with van der Waals surface area (Å²) < 4.78 is 0. The van der Waals surface area contributed by atoms with Gasteiger partial charge in [0.1, 0.15) is 12.0 Å². The van der Waals surface area contributed by atoms with Crippen molar-refractivity contribution in [2.75, 3.05) is 0 Å². The SMILES string of the molecule is c1ccc2c(c1)CCCc1ncnnc1-2. The molecule has 0 atom stereocenters. The molecule has 0 unspecified atom stereocenters. The van der Waals surface area contributed by atoms with Crippen molar-refractivity contribution in [2.45, 2.75) is 19.3 Å². The smallest absolute Gasteiger partial charge is 0.138 e. The Balaban J connectivity index is 2.27. The largest absolute Gasteiger partial charge is 0.237 e. The number of fused-ring (bicyclic) bond motifs is 3. The molecular formula is C12H11N3. The van der Waals surface area contributed by atoms with Crippen LogP contribution in [0.3, 0.4) is 0 Å². The van der Waals surface area contributed by atoms with Gasteiger partial charge in [0.05, 0.1) is 5.69 Å². The predicted octanol–water partition coefficient (Wildman–Crippen LogP) is 2.03. The van der Waals surface area contributed by atoms with E-state index in [-0.39, 0.29) is 0 Å². The van der Waals surface area contributed by atoms with E-state index in [0.29, 0.717) is 0 Å². The van der Waals surface area contributed by atoms with Crippen molar-refractivity contribution < 1.29 is 0 Å². The molecule has 1 heterocycles. The van der Waals surface area contributed by atoms with E-state index in [1.54, 1.807) is 0 Å². The monoisotopic (exact) mass is 197 g/mol. The first-order valence-corrected chi connectivity index (χ1v) is 5.20. The summed E-state index contributed by atoms with van der Waals surface area (Å²) in [6, 6.07) is 8.39. The van der Waals surface area contributed by atoms with Crippen LogP contribution in [0.25, 0.3) is 11.3 Å². The maximum atomic E-state index is 4.30. The highest BCUT2D eigenvalue weighted by atomic mass is 15.1. The summed E-state index contributed by atoms with van der Waals surface area (Å²) in [6.07, 6.45) is 4.78. The quantitative estimate of drug-likeness (QED) is 0.648. The Morgan fingerprint density at radius 2 is 2.00 bits per heavy atom. The lowest BCUT2D eigenvalue weighted by Crippen LogP contribution is -1.97. The van der Waals surface area contributed by atoms with Crippen LogP contribution < -0.4 is 0 Å². The van der Waals surface area contributed by atoms with Gasteiger partial charge in [-0.3, -0.25) is 0 Å². The van der Waals surface area contributed by atoms with E-state index in [9.17, 15) is 0 Å². The van der Waals surface area contributed by atoms with Crippen molar-refractivity contribution in [3.05, 3.63) is 41.9 Å². The standard InChI is InChI=1S/C12H11N3/c1-2-6-10-9(4-1)5-3-7-11-12(10)15-14-8-13-11/h1-2,4,6,8H,3,5,7H2. The molecule has 0 saturated carbocycles. The Labute approximate surface area is 88.2 Å². The van der Waals surface area contributed by atoms with Crippen molar-refractivity contribution in [1.29, 1.82) is 0 Å². The number of nitrogens with zero attached hydrogens (tertiary/aromatic N) is 3. The van der Waals surface area contributed by atoms with E-state index in [1.165, 1.54) is 17.5 Å².